The number of hydrogen-bond donors (Lipinski definition) is 2. The van der Waals surface area contributed by atoms with Crippen molar-refractivity contribution in [2.24, 2.45) is 5.92 Å². The van der Waals surface area contributed by atoms with E-state index in [2.05, 4.69) is 22.7 Å². The Morgan fingerprint density at radius 1 is 1.06 bits per heavy atom. The summed E-state index contributed by atoms with van der Waals surface area (Å²) in [6.07, 6.45) is 4.45. The molecule has 2 N–H and O–H groups in total. The van der Waals surface area contributed by atoms with Gasteiger partial charge in [-0.3, -0.25) is 14.2 Å². The number of hydrogen-bond acceptors (Lipinski definition) is 4. The fourth-order valence-electron chi connectivity index (χ4n) is 4.55. The van der Waals surface area contributed by atoms with Crippen molar-refractivity contribution in [1.82, 2.24) is 29.4 Å². The minimum Gasteiger partial charge on any atom is -0.352 e. The largest absolute Gasteiger partial charge is 0.352 e. The molecule has 32 heavy (non-hydrogen) atoms. The Bertz CT molecular complexity index is 1210. The highest BCUT2D eigenvalue weighted by Gasteiger charge is 2.25. The molecule has 9 heteroatoms. The third kappa shape index (κ3) is 4.42. The van der Waals surface area contributed by atoms with Crippen LogP contribution in [-0.2, 0) is 22.7 Å². The summed E-state index contributed by atoms with van der Waals surface area (Å²) in [5.41, 5.74) is 0.607. The maximum atomic E-state index is 13.1. The number of carbonyl (C=O) groups excluding carboxylic acids is 2. The number of carbonyl (C=O) groups is 2. The van der Waals surface area contributed by atoms with Gasteiger partial charge in [-0.25, -0.2) is 13.9 Å². The normalized spacial score (nSPS) is 19.4. The third-order valence-electron chi connectivity index (χ3n) is 6.04. The van der Waals surface area contributed by atoms with Crippen LogP contribution < -0.4 is 16.3 Å². The zero-order valence-corrected chi connectivity index (χ0v) is 19.2. The van der Waals surface area contributed by atoms with Gasteiger partial charge in [0.05, 0.1) is 11.0 Å². The molecule has 1 saturated carbocycles. The van der Waals surface area contributed by atoms with Crippen LogP contribution in [-0.4, -0.2) is 42.1 Å². The van der Waals surface area contributed by atoms with Gasteiger partial charge in [-0.15, -0.1) is 5.10 Å². The molecule has 2 atom stereocenters. The van der Waals surface area contributed by atoms with E-state index < -0.39 is 11.2 Å². The van der Waals surface area contributed by atoms with E-state index in [0.717, 1.165) is 29.5 Å². The summed E-state index contributed by atoms with van der Waals surface area (Å²) in [5, 5.41) is 10.4. The number of fused-ring (bicyclic) bond motifs is 3. The Kier molecular flexibility index (Phi) is 5.83. The molecule has 4 rings (SSSR count). The Labute approximate surface area is 186 Å². The van der Waals surface area contributed by atoms with Crippen LogP contribution in [0.1, 0.15) is 53.4 Å². The highest BCUT2D eigenvalue weighted by molar-refractivity contribution is 5.84. The summed E-state index contributed by atoms with van der Waals surface area (Å²) in [5.74, 6) is 0.420. The van der Waals surface area contributed by atoms with Crippen molar-refractivity contribution < 1.29 is 9.59 Å². The number of nitrogens with one attached hydrogen (secondary N) is 2. The lowest BCUT2D eigenvalue weighted by Crippen LogP contribution is -2.43. The molecular weight excluding hydrogens is 408 g/mol. The van der Waals surface area contributed by atoms with Crippen molar-refractivity contribution in [2.45, 2.75) is 78.0 Å². The van der Waals surface area contributed by atoms with Gasteiger partial charge in [-0.1, -0.05) is 31.9 Å². The summed E-state index contributed by atoms with van der Waals surface area (Å²) in [7, 11) is 0. The predicted molar refractivity (Wildman–Crippen MR) is 122 cm³/mol. The molecule has 0 saturated heterocycles. The van der Waals surface area contributed by atoms with Crippen molar-refractivity contribution in [3.63, 3.8) is 0 Å². The van der Waals surface area contributed by atoms with Gasteiger partial charge in [0.2, 0.25) is 17.6 Å². The van der Waals surface area contributed by atoms with Gasteiger partial charge in [0.15, 0.2) is 0 Å². The maximum absolute atomic E-state index is 13.1. The highest BCUT2D eigenvalue weighted by Crippen LogP contribution is 2.24. The highest BCUT2D eigenvalue weighted by atomic mass is 16.2. The standard InChI is InChI=1S/C23H32N6O3/c1-15-9-5-6-10-16(15)24-19(30)13-27-17-11-7-8-12-18(17)29-21(27)26-28(22(29)32)14-20(31)25-23(2,3)4/h7-8,11-12,15-16H,5-6,9-10,13-14H2,1-4H3,(H,24,30)(H,25,31)/t15-,16-/m0/s1. The van der Waals surface area contributed by atoms with E-state index in [1.165, 1.54) is 10.8 Å². The van der Waals surface area contributed by atoms with E-state index in [0.29, 0.717) is 17.2 Å². The van der Waals surface area contributed by atoms with E-state index in [1.807, 2.05) is 45.0 Å². The molecule has 1 aromatic carbocycles. The zero-order valence-electron chi connectivity index (χ0n) is 19.2. The van der Waals surface area contributed by atoms with Gasteiger partial charge in [0.1, 0.15) is 13.1 Å². The van der Waals surface area contributed by atoms with Gasteiger partial charge in [-0.2, -0.15) is 0 Å². The molecule has 2 heterocycles. The van der Waals surface area contributed by atoms with Crippen molar-refractivity contribution in [3.8, 4) is 0 Å². The Balaban J connectivity index is 1.66. The molecular formula is C23H32N6O3. The monoisotopic (exact) mass is 440 g/mol. The fourth-order valence-corrected chi connectivity index (χ4v) is 4.55. The van der Waals surface area contributed by atoms with E-state index >= 15 is 0 Å². The molecule has 0 unspecified atom stereocenters. The predicted octanol–water partition coefficient (Wildman–Crippen LogP) is 2.06. The van der Waals surface area contributed by atoms with Crippen molar-refractivity contribution >= 4 is 28.6 Å². The molecule has 1 aliphatic rings. The second-order valence-corrected chi connectivity index (χ2v) is 9.88. The smallest absolute Gasteiger partial charge is 0.352 e. The SMILES string of the molecule is C[C@H]1CCCC[C@@H]1NC(=O)Cn1c2ccccc2n2c(=O)n(CC(=O)NC(C)(C)C)nc12. The number of aromatic nitrogens is 4. The van der Waals surface area contributed by atoms with Crippen LogP contribution in [0.15, 0.2) is 29.1 Å². The number of imidazole rings is 1. The Hall–Kier alpha value is -3.10. The van der Waals surface area contributed by atoms with E-state index in [-0.39, 0.29) is 30.9 Å². The quantitative estimate of drug-likeness (QED) is 0.634. The summed E-state index contributed by atoms with van der Waals surface area (Å²) >= 11 is 0. The van der Waals surface area contributed by atoms with Crippen molar-refractivity contribution in [1.29, 1.82) is 0 Å². The Morgan fingerprint density at radius 2 is 1.75 bits per heavy atom. The number of benzene rings is 1. The van der Waals surface area contributed by atoms with Gasteiger partial charge < -0.3 is 10.6 Å². The summed E-state index contributed by atoms with van der Waals surface area (Å²) in [6, 6.07) is 7.58. The first kappa shape index (κ1) is 22.1. The first-order valence-electron chi connectivity index (χ1n) is 11.3. The van der Waals surface area contributed by atoms with Gasteiger partial charge >= 0.3 is 5.69 Å². The molecule has 0 aliphatic heterocycles. The maximum Gasteiger partial charge on any atom is 0.352 e. The van der Waals surface area contributed by atoms with Crippen LogP contribution in [0.3, 0.4) is 0 Å². The lowest BCUT2D eigenvalue weighted by molar-refractivity contribution is -0.124. The lowest BCUT2D eigenvalue weighted by atomic mass is 9.86. The van der Waals surface area contributed by atoms with Crippen molar-refractivity contribution in [2.75, 3.05) is 0 Å². The lowest BCUT2D eigenvalue weighted by Gasteiger charge is -2.29. The number of para-hydroxylation sites is 2. The first-order chi connectivity index (χ1) is 15.1. The summed E-state index contributed by atoms with van der Waals surface area (Å²) in [4.78, 5) is 38.4. The topological polar surface area (TPSA) is 102 Å². The van der Waals surface area contributed by atoms with Gasteiger partial charge in [0.25, 0.3) is 0 Å². The molecule has 1 fully saturated rings. The first-order valence-corrected chi connectivity index (χ1v) is 11.3. The fraction of sp³-hybridized carbons (Fsp3) is 0.565. The van der Waals surface area contributed by atoms with Crippen LogP contribution in [0.2, 0.25) is 0 Å². The van der Waals surface area contributed by atoms with E-state index in [9.17, 15) is 14.4 Å². The second kappa shape index (κ2) is 8.44. The molecule has 0 bridgehead atoms. The summed E-state index contributed by atoms with van der Waals surface area (Å²) in [6.45, 7) is 7.69. The molecule has 2 aromatic heterocycles. The van der Waals surface area contributed by atoms with Gasteiger partial charge in [-0.05, 0) is 51.7 Å². The van der Waals surface area contributed by atoms with E-state index in [4.69, 9.17) is 0 Å². The van der Waals surface area contributed by atoms with Crippen LogP contribution in [0.4, 0.5) is 0 Å². The third-order valence-corrected chi connectivity index (χ3v) is 6.04. The molecule has 0 spiro atoms. The van der Waals surface area contributed by atoms with Gasteiger partial charge in [0, 0.05) is 11.6 Å². The molecule has 0 radical (unpaired) electrons. The zero-order chi connectivity index (χ0) is 23.0. The molecule has 9 nitrogen and oxygen atoms in total. The van der Waals surface area contributed by atoms with Crippen LogP contribution in [0.5, 0.6) is 0 Å². The molecule has 3 aromatic rings. The number of amides is 2. The molecule has 1 aliphatic carbocycles. The minimum atomic E-state index is -0.407. The number of rotatable bonds is 5. The molecule has 172 valence electrons. The molecule has 2 amide bonds. The van der Waals surface area contributed by atoms with Crippen LogP contribution in [0, 0.1) is 5.92 Å². The second-order valence-electron chi connectivity index (χ2n) is 9.88. The Morgan fingerprint density at radius 3 is 2.44 bits per heavy atom. The van der Waals surface area contributed by atoms with Crippen molar-refractivity contribution in [3.05, 3.63) is 34.7 Å². The number of nitrogens with zero attached hydrogens (tertiary/aromatic N) is 4. The average Bonchev–Trinajstić information content (AvgIpc) is 3.18. The minimum absolute atomic E-state index is 0.0604. The van der Waals surface area contributed by atoms with E-state index in [1.54, 1.807) is 4.57 Å². The van der Waals surface area contributed by atoms with Crippen LogP contribution in [0.25, 0.3) is 16.8 Å². The average molecular weight is 441 g/mol. The van der Waals surface area contributed by atoms with Crippen LogP contribution >= 0.6 is 0 Å². The summed E-state index contributed by atoms with van der Waals surface area (Å²) < 4.78 is 4.37.